The lowest BCUT2D eigenvalue weighted by Gasteiger charge is -2.29. The normalized spacial score (nSPS) is 15.1. The van der Waals surface area contributed by atoms with Crippen LogP contribution in [0.5, 0.6) is 5.75 Å². The van der Waals surface area contributed by atoms with Crippen LogP contribution < -0.4 is 15.0 Å². The molecule has 1 aliphatic heterocycles. The molecule has 2 aromatic heterocycles. The number of methoxy groups -OCH3 is 1. The number of fused-ring (bicyclic) bond motifs is 1. The standard InChI is InChI=1S/C18H20N4O/c1-23-16-12-17(18-6-7-20-22(18)13-16)14-2-4-15(5-3-14)21-10-8-19-9-11-21/h2-7,12-13,19H,8-11H2,1H3. The molecule has 0 unspecified atom stereocenters. The van der Waals surface area contributed by atoms with Gasteiger partial charge in [-0.1, -0.05) is 12.1 Å². The first kappa shape index (κ1) is 14.1. The molecule has 4 rings (SSSR count). The Morgan fingerprint density at radius 1 is 1.09 bits per heavy atom. The van der Waals surface area contributed by atoms with Crippen LogP contribution in [0.25, 0.3) is 16.6 Å². The predicted molar refractivity (Wildman–Crippen MR) is 92.3 cm³/mol. The molecular weight excluding hydrogens is 288 g/mol. The van der Waals surface area contributed by atoms with E-state index in [-0.39, 0.29) is 0 Å². The molecule has 0 radical (unpaired) electrons. The Morgan fingerprint density at radius 3 is 2.61 bits per heavy atom. The molecule has 3 heterocycles. The fourth-order valence-electron chi connectivity index (χ4n) is 3.12. The van der Waals surface area contributed by atoms with E-state index in [9.17, 15) is 0 Å². The molecule has 0 aliphatic carbocycles. The van der Waals surface area contributed by atoms with Crippen molar-refractivity contribution < 1.29 is 4.74 Å². The highest BCUT2D eigenvalue weighted by Crippen LogP contribution is 2.30. The highest BCUT2D eigenvalue weighted by molar-refractivity contribution is 5.81. The second kappa shape index (κ2) is 5.93. The molecule has 0 bridgehead atoms. The zero-order valence-corrected chi connectivity index (χ0v) is 13.2. The van der Waals surface area contributed by atoms with Gasteiger partial charge in [-0.05, 0) is 29.8 Å². The van der Waals surface area contributed by atoms with Gasteiger partial charge in [0, 0.05) is 37.4 Å². The first-order valence-electron chi connectivity index (χ1n) is 7.92. The van der Waals surface area contributed by atoms with Gasteiger partial charge in [0.05, 0.1) is 25.0 Å². The van der Waals surface area contributed by atoms with E-state index in [2.05, 4.69) is 45.6 Å². The van der Waals surface area contributed by atoms with E-state index in [0.717, 1.165) is 43.0 Å². The lowest BCUT2D eigenvalue weighted by atomic mass is 10.0. The van der Waals surface area contributed by atoms with Crippen molar-refractivity contribution in [1.29, 1.82) is 0 Å². The molecule has 1 fully saturated rings. The zero-order chi connectivity index (χ0) is 15.6. The Labute approximate surface area is 135 Å². The summed E-state index contributed by atoms with van der Waals surface area (Å²) in [5, 5.41) is 7.71. The molecule has 118 valence electrons. The van der Waals surface area contributed by atoms with Crippen molar-refractivity contribution in [3.8, 4) is 16.9 Å². The topological polar surface area (TPSA) is 41.8 Å². The number of pyridine rings is 1. The van der Waals surface area contributed by atoms with Crippen LogP contribution in [-0.2, 0) is 0 Å². The molecule has 1 saturated heterocycles. The minimum absolute atomic E-state index is 0.808. The summed E-state index contributed by atoms with van der Waals surface area (Å²) in [6.45, 7) is 4.22. The van der Waals surface area contributed by atoms with Crippen molar-refractivity contribution in [2.45, 2.75) is 0 Å². The SMILES string of the molecule is COc1cc(-c2ccc(N3CCNCC3)cc2)c2ccnn2c1. The number of aromatic nitrogens is 2. The summed E-state index contributed by atoms with van der Waals surface area (Å²) in [4.78, 5) is 2.42. The fraction of sp³-hybridized carbons (Fsp3) is 0.278. The van der Waals surface area contributed by atoms with E-state index >= 15 is 0 Å². The number of nitrogens with zero attached hydrogens (tertiary/aromatic N) is 3. The number of rotatable bonds is 3. The third-order valence-corrected chi connectivity index (χ3v) is 4.38. The Bertz CT molecular complexity index is 804. The molecule has 0 amide bonds. The summed E-state index contributed by atoms with van der Waals surface area (Å²) in [6.07, 6.45) is 3.71. The lowest BCUT2D eigenvalue weighted by Crippen LogP contribution is -2.43. The molecular formula is C18H20N4O. The molecule has 0 spiro atoms. The van der Waals surface area contributed by atoms with Crippen molar-refractivity contribution in [3.63, 3.8) is 0 Å². The Hall–Kier alpha value is -2.53. The van der Waals surface area contributed by atoms with E-state index in [0.29, 0.717) is 0 Å². The molecule has 0 atom stereocenters. The van der Waals surface area contributed by atoms with Crippen molar-refractivity contribution >= 4 is 11.2 Å². The van der Waals surface area contributed by atoms with Crippen LogP contribution in [-0.4, -0.2) is 42.9 Å². The first-order chi connectivity index (χ1) is 11.3. The molecule has 23 heavy (non-hydrogen) atoms. The van der Waals surface area contributed by atoms with Crippen LogP contribution in [0, 0.1) is 0 Å². The number of anilines is 1. The van der Waals surface area contributed by atoms with Gasteiger partial charge in [0.25, 0.3) is 0 Å². The lowest BCUT2D eigenvalue weighted by molar-refractivity contribution is 0.412. The van der Waals surface area contributed by atoms with Crippen molar-refractivity contribution in [3.05, 3.63) is 48.8 Å². The molecule has 5 heteroatoms. The minimum Gasteiger partial charge on any atom is -0.495 e. The highest BCUT2D eigenvalue weighted by Gasteiger charge is 2.12. The number of ether oxygens (including phenoxy) is 1. The number of hydrogen-bond donors (Lipinski definition) is 1. The maximum absolute atomic E-state index is 5.40. The quantitative estimate of drug-likeness (QED) is 0.807. The van der Waals surface area contributed by atoms with Gasteiger partial charge in [-0.2, -0.15) is 5.10 Å². The summed E-state index contributed by atoms with van der Waals surface area (Å²) in [5.41, 5.74) is 4.67. The van der Waals surface area contributed by atoms with Crippen molar-refractivity contribution in [1.82, 2.24) is 14.9 Å². The average molecular weight is 308 g/mol. The second-order valence-electron chi connectivity index (χ2n) is 5.74. The number of nitrogens with one attached hydrogen (secondary N) is 1. The van der Waals surface area contributed by atoms with Crippen LogP contribution in [0.3, 0.4) is 0 Å². The van der Waals surface area contributed by atoms with Crippen molar-refractivity contribution in [2.24, 2.45) is 0 Å². The van der Waals surface area contributed by atoms with Crippen molar-refractivity contribution in [2.75, 3.05) is 38.2 Å². The smallest absolute Gasteiger partial charge is 0.137 e. The largest absolute Gasteiger partial charge is 0.495 e. The van der Waals surface area contributed by atoms with Gasteiger partial charge in [0.1, 0.15) is 5.75 Å². The number of benzene rings is 1. The van der Waals surface area contributed by atoms with Gasteiger partial charge in [0.15, 0.2) is 0 Å². The first-order valence-corrected chi connectivity index (χ1v) is 7.92. The molecule has 3 aromatic rings. The Kier molecular flexibility index (Phi) is 3.63. The summed E-state index contributed by atoms with van der Waals surface area (Å²) in [6, 6.07) is 12.9. The van der Waals surface area contributed by atoms with Crippen LogP contribution in [0.1, 0.15) is 0 Å². The van der Waals surface area contributed by atoms with Gasteiger partial charge in [0.2, 0.25) is 0 Å². The summed E-state index contributed by atoms with van der Waals surface area (Å²) in [5.74, 6) is 0.808. The van der Waals surface area contributed by atoms with E-state index in [1.165, 1.54) is 11.3 Å². The highest BCUT2D eigenvalue weighted by atomic mass is 16.5. The van der Waals surface area contributed by atoms with Gasteiger partial charge in [-0.3, -0.25) is 0 Å². The van der Waals surface area contributed by atoms with E-state index in [1.54, 1.807) is 7.11 Å². The van der Waals surface area contributed by atoms with E-state index in [1.807, 2.05) is 23.0 Å². The molecule has 1 N–H and O–H groups in total. The maximum atomic E-state index is 5.40. The summed E-state index contributed by atoms with van der Waals surface area (Å²) < 4.78 is 7.26. The summed E-state index contributed by atoms with van der Waals surface area (Å²) >= 11 is 0. The van der Waals surface area contributed by atoms with Crippen LogP contribution in [0.2, 0.25) is 0 Å². The number of piperazine rings is 1. The Balaban J connectivity index is 1.71. The van der Waals surface area contributed by atoms with Gasteiger partial charge in [-0.25, -0.2) is 4.52 Å². The third-order valence-electron chi connectivity index (χ3n) is 4.38. The maximum Gasteiger partial charge on any atom is 0.137 e. The van der Waals surface area contributed by atoms with Crippen LogP contribution in [0.15, 0.2) is 48.8 Å². The summed E-state index contributed by atoms with van der Waals surface area (Å²) in [7, 11) is 1.68. The van der Waals surface area contributed by atoms with Gasteiger partial charge < -0.3 is 15.0 Å². The monoisotopic (exact) mass is 308 g/mol. The van der Waals surface area contributed by atoms with Crippen LogP contribution in [0.4, 0.5) is 5.69 Å². The zero-order valence-electron chi connectivity index (χ0n) is 13.2. The van der Waals surface area contributed by atoms with Gasteiger partial charge >= 0.3 is 0 Å². The average Bonchev–Trinajstić information content (AvgIpc) is 3.10. The predicted octanol–water partition coefficient (Wildman–Crippen LogP) is 2.42. The molecule has 0 saturated carbocycles. The molecule has 5 nitrogen and oxygen atoms in total. The third kappa shape index (κ3) is 2.64. The number of hydrogen-bond acceptors (Lipinski definition) is 4. The van der Waals surface area contributed by atoms with E-state index in [4.69, 9.17) is 4.74 Å². The Morgan fingerprint density at radius 2 is 1.87 bits per heavy atom. The minimum atomic E-state index is 0.808. The van der Waals surface area contributed by atoms with Gasteiger partial charge in [-0.15, -0.1) is 0 Å². The fourth-order valence-corrected chi connectivity index (χ4v) is 3.12. The molecule has 1 aliphatic rings. The van der Waals surface area contributed by atoms with E-state index < -0.39 is 0 Å². The van der Waals surface area contributed by atoms with Crippen LogP contribution >= 0.6 is 0 Å². The second-order valence-corrected chi connectivity index (χ2v) is 5.74. The molecule has 1 aromatic carbocycles.